The molecule has 2 heteroatoms. The maximum absolute atomic E-state index is 11.6. The molecule has 0 aliphatic carbocycles. The van der Waals surface area contributed by atoms with Crippen molar-refractivity contribution in [2.24, 2.45) is 0 Å². The average molecular weight is 223 g/mol. The van der Waals surface area contributed by atoms with Gasteiger partial charge in [0.2, 0.25) is 5.78 Å². The van der Waals surface area contributed by atoms with Crippen LogP contribution in [0.1, 0.15) is 16.1 Å². The number of ketones is 1. The summed E-state index contributed by atoms with van der Waals surface area (Å²) in [6.45, 7) is 0. The first-order chi connectivity index (χ1) is 8.36. The summed E-state index contributed by atoms with van der Waals surface area (Å²) >= 11 is 0. The van der Waals surface area contributed by atoms with Crippen LogP contribution in [0.4, 0.5) is 0 Å². The molecule has 0 spiro atoms. The molecule has 0 unspecified atom stereocenters. The van der Waals surface area contributed by atoms with Crippen molar-refractivity contribution in [3.63, 3.8) is 0 Å². The number of carbonyl (C=O) groups excluding carboxylic acids is 1. The molecule has 1 aromatic heterocycles. The van der Waals surface area contributed by atoms with Gasteiger partial charge in [-0.3, -0.25) is 4.79 Å². The lowest BCUT2D eigenvalue weighted by Crippen LogP contribution is -1.92. The molecule has 0 atom stereocenters. The van der Waals surface area contributed by atoms with E-state index >= 15 is 0 Å². The van der Waals surface area contributed by atoms with Gasteiger partial charge in [0.05, 0.1) is 5.69 Å². The average Bonchev–Trinajstić information content (AvgIpc) is 2.89. The van der Waals surface area contributed by atoms with E-state index in [9.17, 15) is 4.79 Å². The number of aromatic nitrogens is 1. The van der Waals surface area contributed by atoms with E-state index in [4.69, 9.17) is 0 Å². The lowest BCUT2D eigenvalue weighted by Gasteiger charge is -1.89. The van der Waals surface area contributed by atoms with Gasteiger partial charge in [-0.25, -0.2) is 0 Å². The zero-order valence-electron chi connectivity index (χ0n) is 9.34. The summed E-state index contributed by atoms with van der Waals surface area (Å²) in [4.78, 5) is 14.4. The van der Waals surface area contributed by atoms with Crippen LogP contribution in [0.3, 0.4) is 0 Å². The van der Waals surface area contributed by atoms with E-state index in [1.807, 2.05) is 42.5 Å². The second-order valence-corrected chi connectivity index (χ2v) is 3.58. The molecule has 0 amide bonds. The fourth-order valence-corrected chi connectivity index (χ4v) is 1.45. The lowest BCUT2D eigenvalue weighted by atomic mass is 10.2. The molecule has 0 aliphatic heterocycles. The minimum absolute atomic E-state index is 0.0206. The third-order valence-electron chi connectivity index (χ3n) is 2.31. The summed E-state index contributed by atoms with van der Waals surface area (Å²) in [5.74, 6) is -0.0206. The van der Waals surface area contributed by atoms with Crippen LogP contribution in [-0.4, -0.2) is 10.8 Å². The molecule has 2 aromatic rings. The molecule has 0 fully saturated rings. The van der Waals surface area contributed by atoms with Crippen molar-refractivity contribution in [1.82, 2.24) is 4.98 Å². The van der Waals surface area contributed by atoms with Gasteiger partial charge in [0.25, 0.3) is 0 Å². The Morgan fingerprint density at radius 1 is 1.00 bits per heavy atom. The van der Waals surface area contributed by atoms with E-state index in [1.165, 1.54) is 0 Å². The van der Waals surface area contributed by atoms with Crippen LogP contribution < -0.4 is 0 Å². The summed E-state index contributed by atoms with van der Waals surface area (Å²) < 4.78 is 0. The van der Waals surface area contributed by atoms with Crippen LogP contribution in [0.25, 0.3) is 6.08 Å². The van der Waals surface area contributed by atoms with E-state index in [1.54, 1.807) is 30.5 Å². The van der Waals surface area contributed by atoms with E-state index < -0.39 is 0 Å². The highest BCUT2D eigenvalue weighted by Gasteiger charge is 1.98. The summed E-state index contributed by atoms with van der Waals surface area (Å²) in [5.41, 5.74) is 1.72. The van der Waals surface area contributed by atoms with Gasteiger partial charge in [0, 0.05) is 6.20 Å². The smallest absolute Gasteiger partial charge is 0.201 e. The quantitative estimate of drug-likeness (QED) is 0.480. The Bertz CT molecular complexity index is 521. The second kappa shape index (κ2) is 5.66. The number of H-pyrrole nitrogens is 1. The minimum atomic E-state index is -0.0206. The predicted molar refractivity (Wildman–Crippen MR) is 69.7 cm³/mol. The van der Waals surface area contributed by atoms with Gasteiger partial charge in [-0.1, -0.05) is 48.6 Å². The molecule has 84 valence electrons. The van der Waals surface area contributed by atoms with Gasteiger partial charge >= 0.3 is 0 Å². The van der Waals surface area contributed by atoms with E-state index in [-0.39, 0.29) is 5.78 Å². The molecule has 2 nitrogen and oxygen atoms in total. The van der Waals surface area contributed by atoms with Crippen molar-refractivity contribution in [2.75, 3.05) is 0 Å². The number of hydrogen-bond acceptors (Lipinski definition) is 1. The van der Waals surface area contributed by atoms with Crippen molar-refractivity contribution in [1.29, 1.82) is 0 Å². The number of aromatic amines is 1. The molecule has 0 bridgehead atoms. The molecule has 0 saturated carbocycles. The molecular weight excluding hydrogens is 210 g/mol. The van der Waals surface area contributed by atoms with Crippen LogP contribution in [0.2, 0.25) is 0 Å². The third kappa shape index (κ3) is 3.31. The Morgan fingerprint density at radius 3 is 2.53 bits per heavy atom. The number of allylic oxidation sites excluding steroid dienone is 3. The molecule has 0 aliphatic rings. The fourth-order valence-electron chi connectivity index (χ4n) is 1.45. The zero-order chi connectivity index (χ0) is 11.9. The first kappa shape index (κ1) is 11.1. The fraction of sp³-hybridized carbons (Fsp3) is 0. The molecule has 1 heterocycles. The summed E-state index contributed by atoms with van der Waals surface area (Å²) in [7, 11) is 0. The highest BCUT2D eigenvalue weighted by Crippen LogP contribution is 2.01. The molecule has 1 aromatic carbocycles. The maximum Gasteiger partial charge on any atom is 0.201 e. The number of benzene rings is 1. The molecule has 2 rings (SSSR count). The Hall–Kier alpha value is -2.35. The van der Waals surface area contributed by atoms with Crippen molar-refractivity contribution < 1.29 is 4.79 Å². The third-order valence-corrected chi connectivity index (χ3v) is 2.31. The van der Waals surface area contributed by atoms with Gasteiger partial charge in [-0.15, -0.1) is 0 Å². The summed E-state index contributed by atoms with van der Waals surface area (Å²) in [6.07, 6.45) is 8.84. The van der Waals surface area contributed by atoms with Gasteiger partial charge in [0.15, 0.2) is 0 Å². The molecule has 1 N–H and O–H groups in total. The normalized spacial score (nSPS) is 11.3. The van der Waals surface area contributed by atoms with E-state index in [2.05, 4.69) is 4.98 Å². The first-order valence-electron chi connectivity index (χ1n) is 5.44. The number of carbonyl (C=O) groups is 1. The Balaban J connectivity index is 1.94. The van der Waals surface area contributed by atoms with Crippen molar-refractivity contribution in [2.45, 2.75) is 0 Å². The van der Waals surface area contributed by atoms with Crippen LogP contribution in [-0.2, 0) is 0 Å². The topological polar surface area (TPSA) is 32.9 Å². The summed E-state index contributed by atoms with van der Waals surface area (Å²) in [6, 6.07) is 13.5. The molecular formula is C15H13NO. The highest BCUT2D eigenvalue weighted by molar-refractivity contribution is 6.03. The van der Waals surface area contributed by atoms with Crippen LogP contribution in [0, 0.1) is 0 Å². The minimum Gasteiger partial charge on any atom is -0.359 e. The maximum atomic E-state index is 11.6. The molecule has 0 saturated heterocycles. The number of hydrogen-bond donors (Lipinski definition) is 1. The van der Waals surface area contributed by atoms with E-state index in [0.717, 1.165) is 5.56 Å². The second-order valence-electron chi connectivity index (χ2n) is 3.58. The van der Waals surface area contributed by atoms with Gasteiger partial charge in [-0.05, 0) is 23.8 Å². The first-order valence-corrected chi connectivity index (χ1v) is 5.44. The van der Waals surface area contributed by atoms with Crippen LogP contribution >= 0.6 is 0 Å². The lowest BCUT2D eigenvalue weighted by molar-refractivity contribution is 0.104. The Morgan fingerprint density at radius 2 is 1.82 bits per heavy atom. The molecule has 17 heavy (non-hydrogen) atoms. The number of nitrogens with one attached hydrogen (secondary N) is 1. The van der Waals surface area contributed by atoms with Crippen molar-refractivity contribution in [3.8, 4) is 0 Å². The van der Waals surface area contributed by atoms with Crippen LogP contribution in [0.5, 0.6) is 0 Å². The van der Waals surface area contributed by atoms with Crippen molar-refractivity contribution >= 4 is 11.9 Å². The Kier molecular flexibility index (Phi) is 3.71. The van der Waals surface area contributed by atoms with E-state index in [0.29, 0.717) is 5.69 Å². The monoisotopic (exact) mass is 223 g/mol. The number of rotatable bonds is 4. The van der Waals surface area contributed by atoms with Crippen molar-refractivity contribution in [3.05, 3.63) is 78.1 Å². The van der Waals surface area contributed by atoms with Gasteiger partial charge in [-0.2, -0.15) is 0 Å². The largest absolute Gasteiger partial charge is 0.359 e. The summed E-state index contributed by atoms with van der Waals surface area (Å²) in [5, 5.41) is 0. The highest BCUT2D eigenvalue weighted by atomic mass is 16.1. The van der Waals surface area contributed by atoms with Gasteiger partial charge in [0.1, 0.15) is 0 Å². The predicted octanol–water partition coefficient (Wildman–Crippen LogP) is 3.47. The molecule has 0 radical (unpaired) electrons. The standard InChI is InChI=1S/C15H13NO/c17-15(14-10-6-12-16-14)11-5-4-9-13-7-2-1-3-8-13/h1-12,16H/b9-4+,11-5+. The SMILES string of the molecule is O=C(/C=C/C=C/c1ccccc1)c1ccc[nH]1. The Labute approximate surface area is 100 Å². The van der Waals surface area contributed by atoms with Gasteiger partial charge < -0.3 is 4.98 Å². The van der Waals surface area contributed by atoms with Crippen LogP contribution in [0.15, 0.2) is 66.9 Å². The zero-order valence-corrected chi connectivity index (χ0v) is 9.34.